The molecule has 0 spiro atoms. The third-order valence-electron chi connectivity index (χ3n) is 4.80. The van der Waals surface area contributed by atoms with Crippen LogP contribution >= 0.6 is 22.6 Å². The number of hydrogen-bond donors (Lipinski definition) is 1. The minimum atomic E-state index is -0.171. The molecule has 0 aliphatic heterocycles. The third kappa shape index (κ3) is 2.44. The van der Waals surface area contributed by atoms with Crippen molar-refractivity contribution in [3.8, 4) is 0 Å². The molecular formula is C15H19FIN. The summed E-state index contributed by atoms with van der Waals surface area (Å²) in [6, 6.07) is 5.03. The summed E-state index contributed by atoms with van der Waals surface area (Å²) in [6.45, 7) is 0. The first-order chi connectivity index (χ1) is 8.63. The molecule has 0 heterocycles. The lowest BCUT2D eigenvalue weighted by atomic mass is 9.83. The Hall–Kier alpha value is -0.160. The molecule has 1 aromatic carbocycles. The minimum absolute atomic E-state index is 0.0712. The van der Waals surface area contributed by atoms with E-state index in [4.69, 9.17) is 5.73 Å². The van der Waals surface area contributed by atoms with Crippen LogP contribution in [-0.4, -0.2) is 0 Å². The van der Waals surface area contributed by atoms with Crippen LogP contribution in [0, 0.1) is 27.1 Å². The predicted octanol–water partition coefficient (Wildman–Crippen LogP) is 4.26. The molecule has 0 aromatic heterocycles. The van der Waals surface area contributed by atoms with E-state index >= 15 is 0 Å². The fraction of sp³-hybridized carbons (Fsp3) is 0.600. The van der Waals surface area contributed by atoms with Crippen LogP contribution in [-0.2, 0) is 0 Å². The van der Waals surface area contributed by atoms with Crippen molar-refractivity contribution in [2.75, 3.05) is 0 Å². The van der Waals surface area contributed by atoms with E-state index in [2.05, 4.69) is 22.6 Å². The Bertz CT molecular complexity index is 448. The van der Waals surface area contributed by atoms with Crippen molar-refractivity contribution in [3.63, 3.8) is 0 Å². The third-order valence-corrected chi connectivity index (χ3v) is 5.74. The Morgan fingerprint density at radius 2 is 2.17 bits per heavy atom. The Morgan fingerprint density at radius 1 is 1.33 bits per heavy atom. The highest BCUT2D eigenvalue weighted by atomic mass is 127. The molecule has 4 unspecified atom stereocenters. The van der Waals surface area contributed by atoms with Crippen molar-refractivity contribution in [2.24, 2.45) is 23.5 Å². The van der Waals surface area contributed by atoms with Gasteiger partial charge in [0, 0.05) is 9.61 Å². The van der Waals surface area contributed by atoms with Gasteiger partial charge in [-0.1, -0.05) is 12.5 Å². The number of rotatable bonds is 3. The van der Waals surface area contributed by atoms with Gasteiger partial charge in [-0.2, -0.15) is 0 Å². The number of fused-ring (bicyclic) bond motifs is 2. The fourth-order valence-corrected chi connectivity index (χ4v) is 4.80. The Balaban J connectivity index is 1.69. The Kier molecular flexibility index (Phi) is 3.63. The summed E-state index contributed by atoms with van der Waals surface area (Å²) in [5.41, 5.74) is 7.44. The number of nitrogens with two attached hydrogens (primary N) is 1. The fourth-order valence-electron chi connectivity index (χ4n) is 3.92. The van der Waals surface area contributed by atoms with E-state index in [1.54, 1.807) is 6.07 Å². The largest absolute Gasteiger partial charge is 0.324 e. The van der Waals surface area contributed by atoms with Crippen molar-refractivity contribution in [3.05, 3.63) is 33.1 Å². The standard InChI is InChI=1S/C15H19FIN/c16-12-3-4-13(14(17)8-12)15(18)7-11-6-9-1-2-10(11)5-9/h3-4,8-11,15H,1-2,5-7,18H2. The number of halogens is 2. The molecule has 2 fully saturated rings. The maximum atomic E-state index is 13.1. The van der Waals surface area contributed by atoms with Crippen molar-refractivity contribution < 1.29 is 4.39 Å². The van der Waals surface area contributed by atoms with Crippen LogP contribution in [0.4, 0.5) is 4.39 Å². The average molecular weight is 359 g/mol. The second-order valence-corrected chi connectivity index (χ2v) is 7.11. The SMILES string of the molecule is NC(CC1CC2CCC1C2)c1ccc(F)cc1I. The van der Waals surface area contributed by atoms with Crippen LogP contribution in [0.1, 0.15) is 43.7 Å². The van der Waals surface area contributed by atoms with Gasteiger partial charge in [-0.05, 0) is 83.7 Å². The van der Waals surface area contributed by atoms with Crippen LogP contribution in [0.15, 0.2) is 18.2 Å². The molecular weight excluding hydrogens is 340 g/mol. The molecule has 2 aliphatic carbocycles. The van der Waals surface area contributed by atoms with Gasteiger partial charge in [-0.15, -0.1) is 0 Å². The predicted molar refractivity (Wildman–Crippen MR) is 79.6 cm³/mol. The van der Waals surface area contributed by atoms with E-state index in [-0.39, 0.29) is 11.9 Å². The van der Waals surface area contributed by atoms with Gasteiger partial charge in [-0.25, -0.2) is 4.39 Å². The number of benzene rings is 1. The van der Waals surface area contributed by atoms with Gasteiger partial charge >= 0.3 is 0 Å². The second kappa shape index (κ2) is 5.08. The molecule has 0 amide bonds. The number of hydrogen-bond acceptors (Lipinski definition) is 1. The molecule has 98 valence electrons. The van der Waals surface area contributed by atoms with Gasteiger partial charge < -0.3 is 5.73 Å². The van der Waals surface area contributed by atoms with Gasteiger partial charge in [-0.3, -0.25) is 0 Å². The molecule has 2 bridgehead atoms. The summed E-state index contributed by atoms with van der Waals surface area (Å²) in [5, 5.41) is 0. The quantitative estimate of drug-likeness (QED) is 0.802. The maximum absolute atomic E-state index is 13.1. The van der Waals surface area contributed by atoms with E-state index in [1.807, 2.05) is 6.07 Å². The molecule has 3 rings (SSSR count). The highest BCUT2D eigenvalue weighted by molar-refractivity contribution is 14.1. The van der Waals surface area contributed by atoms with Crippen molar-refractivity contribution in [1.29, 1.82) is 0 Å². The summed E-state index contributed by atoms with van der Waals surface area (Å²) in [7, 11) is 0. The van der Waals surface area contributed by atoms with E-state index in [9.17, 15) is 4.39 Å². The summed E-state index contributed by atoms with van der Waals surface area (Å²) in [4.78, 5) is 0. The topological polar surface area (TPSA) is 26.0 Å². The Labute approximate surface area is 121 Å². The molecule has 2 N–H and O–H groups in total. The van der Waals surface area contributed by atoms with E-state index in [0.29, 0.717) is 0 Å². The van der Waals surface area contributed by atoms with Gasteiger partial charge in [0.15, 0.2) is 0 Å². The molecule has 2 aliphatic rings. The smallest absolute Gasteiger partial charge is 0.124 e. The normalized spacial score (nSPS) is 31.8. The highest BCUT2D eigenvalue weighted by Crippen LogP contribution is 2.50. The molecule has 0 radical (unpaired) electrons. The van der Waals surface area contributed by atoms with Crippen molar-refractivity contribution >= 4 is 22.6 Å². The molecule has 2 saturated carbocycles. The van der Waals surface area contributed by atoms with E-state index in [0.717, 1.165) is 33.3 Å². The van der Waals surface area contributed by atoms with Crippen LogP contribution in [0.25, 0.3) is 0 Å². The van der Waals surface area contributed by atoms with E-state index < -0.39 is 0 Å². The van der Waals surface area contributed by atoms with Crippen molar-refractivity contribution in [1.82, 2.24) is 0 Å². The van der Waals surface area contributed by atoms with Crippen molar-refractivity contribution in [2.45, 2.75) is 38.1 Å². The lowest BCUT2D eigenvalue weighted by molar-refractivity contribution is 0.296. The Morgan fingerprint density at radius 3 is 2.78 bits per heavy atom. The highest BCUT2D eigenvalue weighted by Gasteiger charge is 2.39. The second-order valence-electron chi connectivity index (χ2n) is 5.94. The minimum Gasteiger partial charge on any atom is -0.324 e. The molecule has 4 atom stereocenters. The maximum Gasteiger partial charge on any atom is 0.124 e. The van der Waals surface area contributed by atoms with Gasteiger partial charge in [0.1, 0.15) is 5.82 Å². The van der Waals surface area contributed by atoms with E-state index in [1.165, 1.54) is 31.7 Å². The average Bonchev–Trinajstić information content (AvgIpc) is 2.90. The molecule has 1 nitrogen and oxygen atoms in total. The first-order valence-electron chi connectivity index (χ1n) is 6.84. The van der Waals surface area contributed by atoms with Crippen LogP contribution in [0.5, 0.6) is 0 Å². The lowest BCUT2D eigenvalue weighted by Crippen LogP contribution is -2.20. The summed E-state index contributed by atoms with van der Waals surface area (Å²) >= 11 is 2.19. The van der Waals surface area contributed by atoms with Crippen LogP contribution in [0.3, 0.4) is 0 Å². The lowest BCUT2D eigenvalue weighted by Gasteiger charge is -2.25. The first-order valence-corrected chi connectivity index (χ1v) is 7.92. The monoisotopic (exact) mass is 359 g/mol. The zero-order valence-electron chi connectivity index (χ0n) is 10.4. The van der Waals surface area contributed by atoms with Crippen LogP contribution in [0.2, 0.25) is 0 Å². The summed E-state index contributed by atoms with van der Waals surface area (Å²) < 4.78 is 14.1. The molecule has 0 saturated heterocycles. The van der Waals surface area contributed by atoms with Gasteiger partial charge in [0.05, 0.1) is 0 Å². The zero-order valence-corrected chi connectivity index (χ0v) is 12.6. The van der Waals surface area contributed by atoms with Gasteiger partial charge in [0.25, 0.3) is 0 Å². The summed E-state index contributed by atoms with van der Waals surface area (Å²) in [6.07, 6.45) is 6.71. The molecule has 1 aromatic rings. The summed E-state index contributed by atoms with van der Waals surface area (Å²) in [5.74, 6) is 2.52. The zero-order chi connectivity index (χ0) is 12.7. The first kappa shape index (κ1) is 12.9. The van der Waals surface area contributed by atoms with Crippen LogP contribution < -0.4 is 5.73 Å². The van der Waals surface area contributed by atoms with Gasteiger partial charge in [0.2, 0.25) is 0 Å². The molecule has 18 heavy (non-hydrogen) atoms. The molecule has 3 heteroatoms.